The number of phenolic OH excluding ortho intramolecular Hbond substituents is 1. The third kappa shape index (κ3) is 2.75. The topological polar surface area (TPSA) is 77.4 Å². The number of aromatic hydroxyl groups is 1. The zero-order chi connectivity index (χ0) is 19.0. The van der Waals surface area contributed by atoms with E-state index in [1.165, 1.54) is 14.2 Å². The smallest absolute Gasteiger partial charge is 0.152 e. The summed E-state index contributed by atoms with van der Waals surface area (Å²) in [5.74, 6) is 1.76. The van der Waals surface area contributed by atoms with Gasteiger partial charge in [0.05, 0.1) is 19.8 Å². The molecule has 0 aromatic heterocycles. The van der Waals surface area contributed by atoms with Crippen molar-refractivity contribution in [1.82, 2.24) is 0 Å². The molecule has 0 radical (unpaired) electrons. The molecule has 1 aliphatic heterocycles. The van der Waals surface area contributed by atoms with Crippen LogP contribution in [0, 0.1) is 13.8 Å². The van der Waals surface area contributed by atoms with Crippen molar-refractivity contribution < 1.29 is 29.2 Å². The minimum Gasteiger partial charge on any atom is -0.507 e. The lowest BCUT2D eigenvalue weighted by Crippen LogP contribution is -2.36. The number of aliphatic hydroxyl groups excluding tert-OH is 1. The van der Waals surface area contributed by atoms with Crippen molar-refractivity contribution in [2.24, 2.45) is 0 Å². The van der Waals surface area contributed by atoms with Crippen LogP contribution in [0.5, 0.6) is 23.0 Å². The Balaban J connectivity index is 2.15. The van der Waals surface area contributed by atoms with Gasteiger partial charge in [0, 0.05) is 18.2 Å². The van der Waals surface area contributed by atoms with Gasteiger partial charge in [-0.1, -0.05) is 12.1 Å². The third-order valence-corrected chi connectivity index (χ3v) is 4.93. The highest BCUT2D eigenvalue weighted by atomic mass is 16.5. The highest BCUT2D eigenvalue weighted by Gasteiger charge is 2.42. The molecule has 3 unspecified atom stereocenters. The van der Waals surface area contributed by atoms with E-state index in [1.807, 2.05) is 24.3 Å². The number of ether oxygens (including phenoxy) is 4. The number of aliphatic hydroxyl groups is 1. The van der Waals surface area contributed by atoms with E-state index in [9.17, 15) is 10.2 Å². The number of hydrogen-bond donors (Lipinski definition) is 2. The highest BCUT2D eigenvalue weighted by molar-refractivity contribution is 5.63. The van der Waals surface area contributed by atoms with Crippen LogP contribution in [0.15, 0.2) is 24.3 Å². The van der Waals surface area contributed by atoms with Gasteiger partial charge in [-0.25, -0.2) is 0 Å². The number of methoxy groups -OCH3 is 3. The fourth-order valence-electron chi connectivity index (χ4n) is 3.52. The fourth-order valence-corrected chi connectivity index (χ4v) is 3.52. The van der Waals surface area contributed by atoms with Gasteiger partial charge in [-0.05, 0) is 31.5 Å². The van der Waals surface area contributed by atoms with Crippen LogP contribution in [0.2, 0.25) is 0 Å². The molecule has 0 bridgehead atoms. The molecule has 2 aromatic rings. The number of hydrogen-bond acceptors (Lipinski definition) is 6. The zero-order valence-corrected chi connectivity index (χ0v) is 15.6. The molecule has 6 heteroatoms. The molecule has 0 spiro atoms. The van der Waals surface area contributed by atoms with Crippen molar-refractivity contribution in [2.45, 2.75) is 32.2 Å². The lowest BCUT2D eigenvalue weighted by Gasteiger charge is -2.38. The molecule has 0 saturated heterocycles. The molecule has 0 fully saturated rings. The first-order valence-corrected chi connectivity index (χ1v) is 8.36. The van der Waals surface area contributed by atoms with Gasteiger partial charge in [-0.15, -0.1) is 0 Å². The molecule has 1 aliphatic rings. The molecular weight excluding hydrogens is 336 g/mol. The summed E-state index contributed by atoms with van der Waals surface area (Å²) in [5.41, 5.74) is 2.57. The maximum atomic E-state index is 10.9. The van der Waals surface area contributed by atoms with Gasteiger partial charge in [-0.2, -0.15) is 0 Å². The quantitative estimate of drug-likeness (QED) is 0.872. The number of benzene rings is 2. The minimum atomic E-state index is -0.946. The van der Waals surface area contributed by atoms with Gasteiger partial charge in [0.25, 0.3) is 0 Å². The van der Waals surface area contributed by atoms with Gasteiger partial charge in [0.1, 0.15) is 35.2 Å². The summed E-state index contributed by atoms with van der Waals surface area (Å²) in [6, 6.07) is 7.29. The van der Waals surface area contributed by atoms with Crippen LogP contribution in [-0.2, 0) is 4.74 Å². The van der Waals surface area contributed by atoms with Gasteiger partial charge in [0.2, 0.25) is 0 Å². The molecule has 2 N–H and O–H groups in total. The van der Waals surface area contributed by atoms with Crippen LogP contribution in [0.1, 0.15) is 34.5 Å². The first-order chi connectivity index (χ1) is 12.4. The predicted octanol–water partition coefficient (Wildman–Crippen LogP) is 3.21. The van der Waals surface area contributed by atoms with Crippen molar-refractivity contribution in [3.63, 3.8) is 0 Å². The van der Waals surface area contributed by atoms with Crippen molar-refractivity contribution in [3.05, 3.63) is 46.5 Å². The maximum absolute atomic E-state index is 10.9. The molecule has 26 heavy (non-hydrogen) atoms. The number of phenols is 1. The Bertz CT molecular complexity index is 799. The normalized spacial score (nSPS) is 21.7. The maximum Gasteiger partial charge on any atom is 0.152 e. The lowest BCUT2D eigenvalue weighted by molar-refractivity contribution is -0.0882. The third-order valence-electron chi connectivity index (χ3n) is 4.93. The van der Waals surface area contributed by atoms with Crippen LogP contribution >= 0.6 is 0 Å². The first kappa shape index (κ1) is 18.4. The van der Waals surface area contributed by atoms with Crippen LogP contribution in [0.3, 0.4) is 0 Å². The second-order valence-corrected chi connectivity index (χ2v) is 6.33. The van der Waals surface area contributed by atoms with Crippen molar-refractivity contribution in [3.8, 4) is 23.0 Å². The van der Waals surface area contributed by atoms with E-state index in [0.29, 0.717) is 33.9 Å². The second kappa shape index (κ2) is 7.05. The number of rotatable bonds is 4. The highest BCUT2D eigenvalue weighted by Crippen LogP contribution is 2.52. The van der Waals surface area contributed by atoms with E-state index in [2.05, 4.69) is 0 Å². The minimum absolute atomic E-state index is 0.111. The van der Waals surface area contributed by atoms with Crippen LogP contribution < -0.4 is 14.2 Å². The number of fused-ring (bicyclic) bond motifs is 1. The first-order valence-electron chi connectivity index (χ1n) is 8.36. The van der Waals surface area contributed by atoms with E-state index < -0.39 is 18.3 Å². The van der Waals surface area contributed by atoms with Crippen molar-refractivity contribution in [1.29, 1.82) is 0 Å². The molecule has 3 rings (SSSR count). The Morgan fingerprint density at radius 3 is 2.15 bits per heavy atom. The summed E-state index contributed by atoms with van der Waals surface area (Å²) >= 11 is 0. The molecular formula is C20H24O6. The SMILES string of the molecule is COc1ccc(C2Oc3c(C)c(O)c(C)c(OC)c3C(OC)C2O)cc1. The summed E-state index contributed by atoms with van der Waals surface area (Å²) in [5, 5.41) is 21.4. The molecule has 6 nitrogen and oxygen atoms in total. The summed E-state index contributed by atoms with van der Waals surface area (Å²) in [7, 11) is 4.65. The van der Waals surface area contributed by atoms with E-state index in [-0.39, 0.29) is 5.75 Å². The summed E-state index contributed by atoms with van der Waals surface area (Å²) in [6.45, 7) is 3.53. The second-order valence-electron chi connectivity index (χ2n) is 6.33. The van der Waals surface area contributed by atoms with E-state index in [0.717, 1.165) is 5.56 Å². The van der Waals surface area contributed by atoms with Crippen LogP contribution in [0.25, 0.3) is 0 Å². The molecule has 1 heterocycles. The Morgan fingerprint density at radius 2 is 1.62 bits per heavy atom. The van der Waals surface area contributed by atoms with Gasteiger partial charge in [0.15, 0.2) is 6.10 Å². The summed E-state index contributed by atoms with van der Waals surface area (Å²) in [6.07, 6.45) is -2.25. The zero-order valence-electron chi connectivity index (χ0n) is 15.6. The van der Waals surface area contributed by atoms with Crippen molar-refractivity contribution >= 4 is 0 Å². The van der Waals surface area contributed by atoms with E-state index >= 15 is 0 Å². The van der Waals surface area contributed by atoms with Crippen molar-refractivity contribution in [2.75, 3.05) is 21.3 Å². The van der Waals surface area contributed by atoms with E-state index in [4.69, 9.17) is 18.9 Å². The molecule has 3 atom stereocenters. The Hall–Kier alpha value is -2.44. The standard InChI is InChI=1S/C20H24O6/c1-10-15(21)11(2)18-14(17(10)24-4)20(25-5)16(22)19(26-18)12-6-8-13(23-3)9-7-12/h6-9,16,19-22H,1-5H3. The molecule has 2 aromatic carbocycles. The molecule has 140 valence electrons. The predicted molar refractivity (Wildman–Crippen MR) is 96.3 cm³/mol. The van der Waals surface area contributed by atoms with Gasteiger partial charge in [-0.3, -0.25) is 0 Å². The van der Waals surface area contributed by atoms with Crippen LogP contribution in [0.4, 0.5) is 0 Å². The molecule has 0 amide bonds. The van der Waals surface area contributed by atoms with Crippen LogP contribution in [-0.4, -0.2) is 37.6 Å². The summed E-state index contributed by atoms with van der Waals surface area (Å²) < 4.78 is 22.4. The Labute approximate surface area is 152 Å². The monoisotopic (exact) mass is 360 g/mol. The van der Waals surface area contributed by atoms with Gasteiger partial charge >= 0.3 is 0 Å². The molecule has 0 aliphatic carbocycles. The largest absolute Gasteiger partial charge is 0.507 e. The summed E-state index contributed by atoms with van der Waals surface area (Å²) in [4.78, 5) is 0. The Morgan fingerprint density at radius 1 is 0.962 bits per heavy atom. The average molecular weight is 360 g/mol. The average Bonchev–Trinajstić information content (AvgIpc) is 2.67. The fraction of sp³-hybridized carbons (Fsp3) is 0.400. The van der Waals surface area contributed by atoms with E-state index in [1.54, 1.807) is 21.0 Å². The van der Waals surface area contributed by atoms with Gasteiger partial charge < -0.3 is 29.2 Å². The molecule has 0 saturated carbocycles. The Kier molecular flexibility index (Phi) is 4.98. The lowest BCUT2D eigenvalue weighted by atomic mass is 9.88.